The fourth-order valence-corrected chi connectivity index (χ4v) is 1.61. The van der Waals surface area contributed by atoms with Crippen molar-refractivity contribution in [2.45, 2.75) is 25.8 Å². The van der Waals surface area contributed by atoms with Gasteiger partial charge in [0.15, 0.2) is 0 Å². The van der Waals surface area contributed by atoms with Crippen molar-refractivity contribution >= 4 is 11.5 Å². The van der Waals surface area contributed by atoms with E-state index in [1.165, 1.54) is 6.20 Å². The lowest BCUT2D eigenvalue weighted by molar-refractivity contribution is -0.384. The summed E-state index contributed by atoms with van der Waals surface area (Å²) in [7, 11) is 0. The number of nitrogens with zero attached hydrogens (tertiary/aromatic N) is 3. The Kier molecular flexibility index (Phi) is 1.90. The third-order valence-corrected chi connectivity index (χ3v) is 2.70. The van der Waals surface area contributed by atoms with Crippen molar-refractivity contribution in [3.05, 3.63) is 16.3 Å². The molecule has 1 aromatic rings. The number of nitrogen functional groups attached to an aromatic ring is 1. The van der Waals surface area contributed by atoms with Gasteiger partial charge in [-0.1, -0.05) is 0 Å². The van der Waals surface area contributed by atoms with E-state index in [1.54, 1.807) is 4.68 Å². The SMILES string of the molecule is CC(C1CC1)n1ncc([N+](=O)[O-])c1N. The van der Waals surface area contributed by atoms with E-state index in [0.717, 1.165) is 12.8 Å². The van der Waals surface area contributed by atoms with E-state index in [1.807, 2.05) is 6.92 Å². The number of rotatable bonds is 3. The highest BCUT2D eigenvalue weighted by atomic mass is 16.6. The summed E-state index contributed by atoms with van der Waals surface area (Å²) < 4.78 is 1.55. The minimum atomic E-state index is -0.502. The number of aromatic nitrogens is 2. The van der Waals surface area contributed by atoms with E-state index in [-0.39, 0.29) is 17.5 Å². The van der Waals surface area contributed by atoms with Gasteiger partial charge in [0.05, 0.1) is 11.0 Å². The van der Waals surface area contributed by atoms with Crippen molar-refractivity contribution in [2.75, 3.05) is 5.73 Å². The summed E-state index contributed by atoms with van der Waals surface area (Å²) in [6.07, 6.45) is 3.54. The first kappa shape index (κ1) is 8.98. The number of nitro groups is 1. The zero-order chi connectivity index (χ0) is 10.3. The van der Waals surface area contributed by atoms with Crippen molar-refractivity contribution in [3.8, 4) is 0 Å². The topological polar surface area (TPSA) is 87.0 Å². The average Bonchev–Trinajstić information content (AvgIpc) is 2.88. The maximum Gasteiger partial charge on any atom is 0.330 e. The normalized spacial score (nSPS) is 18.1. The second-order valence-corrected chi connectivity index (χ2v) is 3.69. The van der Waals surface area contributed by atoms with Gasteiger partial charge in [-0.05, 0) is 25.7 Å². The monoisotopic (exact) mass is 196 g/mol. The summed E-state index contributed by atoms with van der Waals surface area (Å²) in [5.74, 6) is 0.742. The van der Waals surface area contributed by atoms with Crippen LogP contribution in [0.3, 0.4) is 0 Å². The first-order valence-corrected chi connectivity index (χ1v) is 4.58. The van der Waals surface area contributed by atoms with E-state index in [4.69, 9.17) is 5.73 Å². The molecule has 0 spiro atoms. The van der Waals surface area contributed by atoms with Gasteiger partial charge in [0.2, 0.25) is 5.82 Å². The minimum absolute atomic E-state index is 0.0995. The zero-order valence-electron chi connectivity index (χ0n) is 7.88. The molecule has 1 aliphatic rings. The predicted molar refractivity (Wildman–Crippen MR) is 50.7 cm³/mol. The molecule has 6 heteroatoms. The van der Waals surface area contributed by atoms with Gasteiger partial charge in [-0.2, -0.15) is 5.10 Å². The lowest BCUT2D eigenvalue weighted by Crippen LogP contribution is -2.12. The Bertz CT molecular complexity index is 369. The van der Waals surface area contributed by atoms with Crippen LogP contribution in [0.25, 0.3) is 0 Å². The Morgan fingerprint density at radius 3 is 2.86 bits per heavy atom. The van der Waals surface area contributed by atoms with Crippen molar-refractivity contribution in [1.82, 2.24) is 9.78 Å². The Balaban J connectivity index is 2.30. The van der Waals surface area contributed by atoms with Crippen LogP contribution in [0.2, 0.25) is 0 Å². The molecule has 2 rings (SSSR count). The van der Waals surface area contributed by atoms with Crippen LogP contribution in [0.4, 0.5) is 11.5 Å². The van der Waals surface area contributed by atoms with Crippen LogP contribution in [-0.4, -0.2) is 14.7 Å². The number of nitrogens with two attached hydrogens (primary N) is 1. The molecule has 0 aliphatic heterocycles. The third kappa shape index (κ3) is 1.32. The fraction of sp³-hybridized carbons (Fsp3) is 0.625. The van der Waals surface area contributed by atoms with Crippen molar-refractivity contribution in [2.24, 2.45) is 5.92 Å². The van der Waals surface area contributed by atoms with Gasteiger partial charge in [-0.15, -0.1) is 0 Å². The molecule has 76 valence electrons. The van der Waals surface area contributed by atoms with Crippen LogP contribution in [-0.2, 0) is 0 Å². The average molecular weight is 196 g/mol. The van der Waals surface area contributed by atoms with Crippen LogP contribution in [0.15, 0.2) is 6.20 Å². The third-order valence-electron chi connectivity index (χ3n) is 2.70. The molecule has 1 unspecified atom stereocenters. The standard InChI is InChI=1S/C8H12N4O2/c1-5(6-2-3-6)11-8(9)7(4-10-11)12(13)14/h4-6H,2-3,9H2,1H3. The summed E-state index contributed by atoms with van der Waals surface area (Å²) in [6, 6.07) is 0.170. The molecule has 0 bridgehead atoms. The smallest absolute Gasteiger partial charge is 0.330 e. The minimum Gasteiger partial charge on any atom is -0.378 e. The molecular formula is C8H12N4O2. The highest BCUT2D eigenvalue weighted by Gasteiger charge is 2.32. The predicted octanol–water partition coefficient (Wildman–Crippen LogP) is 1.34. The van der Waals surface area contributed by atoms with Crippen LogP contribution < -0.4 is 5.73 Å². The fourth-order valence-electron chi connectivity index (χ4n) is 1.61. The second-order valence-electron chi connectivity index (χ2n) is 3.69. The summed E-state index contributed by atoms with van der Waals surface area (Å²) >= 11 is 0. The van der Waals surface area contributed by atoms with E-state index >= 15 is 0 Å². The molecule has 1 aliphatic carbocycles. The van der Waals surface area contributed by atoms with Gasteiger partial charge < -0.3 is 5.73 Å². The highest BCUT2D eigenvalue weighted by Crippen LogP contribution is 2.40. The number of hydrogen-bond acceptors (Lipinski definition) is 4. The van der Waals surface area contributed by atoms with Gasteiger partial charge in [0.25, 0.3) is 0 Å². The van der Waals surface area contributed by atoms with E-state index in [2.05, 4.69) is 5.10 Å². The molecule has 0 aromatic carbocycles. The first-order valence-electron chi connectivity index (χ1n) is 4.58. The van der Waals surface area contributed by atoms with Crippen molar-refractivity contribution in [1.29, 1.82) is 0 Å². The van der Waals surface area contributed by atoms with Gasteiger partial charge in [-0.25, -0.2) is 4.68 Å². The van der Waals surface area contributed by atoms with Crippen molar-refractivity contribution < 1.29 is 4.92 Å². The summed E-state index contributed by atoms with van der Waals surface area (Å²) in [5, 5.41) is 14.5. The lowest BCUT2D eigenvalue weighted by Gasteiger charge is -2.11. The quantitative estimate of drug-likeness (QED) is 0.583. The molecule has 1 aromatic heterocycles. The molecule has 14 heavy (non-hydrogen) atoms. The molecule has 2 N–H and O–H groups in total. The molecule has 1 atom stereocenters. The molecule has 0 saturated heterocycles. The number of hydrogen-bond donors (Lipinski definition) is 1. The molecule has 0 amide bonds. The molecule has 6 nitrogen and oxygen atoms in total. The molecule has 1 saturated carbocycles. The molecular weight excluding hydrogens is 184 g/mol. The molecule has 0 radical (unpaired) electrons. The van der Waals surface area contributed by atoms with E-state index in [0.29, 0.717) is 5.92 Å². The summed E-state index contributed by atoms with van der Waals surface area (Å²) in [6.45, 7) is 1.99. The van der Waals surface area contributed by atoms with Gasteiger partial charge >= 0.3 is 5.69 Å². The Hall–Kier alpha value is -1.59. The van der Waals surface area contributed by atoms with E-state index in [9.17, 15) is 10.1 Å². The van der Waals surface area contributed by atoms with Gasteiger partial charge in [0, 0.05) is 0 Å². The lowest BCUT2D eigenvalue weighted by atomic mass is 10.2. The maximum absolute atomic E-state index is 10.5. The molecule has 1 heterocycles. The van der Waals surface area contributed by atoms with Crippen molar-refractivity contribution in [3.63, 3.8) is 0 Å². The Morgan fingerprint density at radius 1 is 1.79 bits per heavy atom. The van der Waals surface area contributed by atoms with Crippen LogP contribution in [0, 0.1) is 16.0 Å². The Morgan fingerprint density at radius 2 is 2.43 bits per heavy atom. The van der Waals surface area contributed by atoms with Crippen LogP contribution >= 0.6 is 0 Å². The Labute approximate surface area is 80.9 Å². The molecule has 1 fully saturated rings. The van der Waals surface area contributed by atoms with Crippen LogP contribution in [0.1, 0.15) is 25.8 Å². The largest absolute Gasteiger partial charge is 0.378 e. The number of anilines is 1. The highest BCUT2D eigenvalue weighted by molar-refractivity contribution is 5.51. The summed E-state index contributed by atoms with van der Waals surface area (Å²) in [4.78, 5) is 10.0. The van der Waals surface area contributed by atoms with Gasteiger partial charge in [0.1, 0.15) is 6.20 Å². The second kappa shape index (κ2) is 2.97. The zero-order valence-corrected chi connectivity index (χ0v) is 7.88. The van der Waals surface area contributed by atoms with Crippen LogP contribution in [0.5, 0.6) is 0 Å². The maximum atomic E-state index is 10.5. The first-order chi connectivity index (χ1) is 6.61. The van der Waals surface area contributed by atoms with E-state index < -0.39 is 4.92 Å². The van der Waals surface area contributed by atoms with Gasteiger partial charge in [-0.3, -0.25) is 10.1 Å². The summed E-state index contributed by atoms with van der Waals surface area (Å²) in [5.41, 5.74) is 5.53.